The number of sulfonamides is 1. The van der Waals surface area contributed by atoms with Crippen LogP contribution in [-0.2, 0) is 10.0 Å². The van der Waals surface area contributed by atoms with Gasteiger partial charge in [0.2, 0.25) is 10.0 Å². The molecule has 1 heterocycles. The zero-order chi connectivity index (χ0) is 17.3. The number of nitrogens with zero attached hydrogens (tertiary/aromatic N) is 1. The van der Waals surface area contributed by atoms with E-state index in [-0.39, 0.29) is 10.9 Å². The second-order valence-electron chi connectivity index (χ2n) is 5.66. The zero-order valence-corrected chi connectivity index (χ0v) is 13.9. The molecule has 2 aromatic rings. The highest BCUT2D eigenvalue weighted by molar-refractivity contribution is 7.89. The molecule has 7 heteroatoms. The van der Waals surface area contributed by atoms with E-state index in [1.165, 1.54) is 11.4 Å². The monoisotopic (exact) mass is 353 g/mol. The fraction of sp³-hybridized carbons (Fsp3) is 0.294. The predicted octanol–water partition coefficient (Wildman–Crippen LogP) is 3.50. The Morgan fingerprint density at radius 2 is 1.83 bits per heavy atom. The van der Waals surface area contributed by atoms with E-state index in [9.17, 15) is 17.2 Å². The van der Waals surface area contributed by atoms with Crippen molar-refractivity contribution in [2.45, 2.75) is 23.8 Å². The summed E-state index contributed by atoms with van der Waals surface area (Å²) in [5.41, 5.74) is 0.798. The van der Waals surface area contributed by atoms with Crippen molar-refractivity contribution in [3.63, 3.8) is 0 Å². The topological polar surface area (TPSA) is 46.6 Å². The summed E-state index contributed by atoms with van der Waals surface area (Å²) >= 11 is 0. The first-order valence-corrected chi connectivity index (χ1v) is 8.98. The molecule has 0 bridgehead atoms. The van der Waals surface area contributed by atoms with E-state index in [1.807, 2.05) is 6.07 Å². The van der Waals surface area contributed by atoms with Gasteiger partial charge in [0.1, 0.15) is 17.4 Å². The van der Waals surface area contributed by atoms with E-state index in [4.69, 9.17) is 4.74 Å². The average Bonchev–Trinajstić information content (AvgIpc) is 3.04. The lowest BCUT2D eigenvalue weighted by atomic mass is 10.1. The normalized spacial score (nSPS) is 18.7. The molecule has 24 heavy (non-hydrogen) atoms. The Bertz CT molecular complexity index is 834. The zero-order valence-electron chi connectivity index (χ0n) is 13.1. The third-order valence-corrected chi connectivity index (χ3v) is 6.01. The Balaban J connectivity index is 2.00. The van der Waals surface area contributed by atoms with Gasteiger partial charge in [0.25, 0.3) is 0 Å². The smallest absolute Gasteiger partial charge is 0.243 e. The minimum absolute atomic E-state index is 0.308. The summed E-state index contributed by atoms with van der Waals surface area (Å²) < 4.78 is 59.0. The first-order chi connectivity index (χ1) is 11.4. The van der Waals surface area contributed by atoms with Gasteiger partial charge < -0.3 is 4.74 Å². The number of hydrogen-bond acceptors (Lipinski definition) is 3. The molecular formula is C17H17F2NO3S. The van der Waals surface area contributed by atoms with E-state index in [2.05, 4.69) is 0 Å². The second kappa shape index (κ2) is 6.49. The fourth-order valence-corrected chi connectivity index (χ4v) is 4.75. The average molecular weight is 353 g/mol. The van der Waals surface area contributed by atoms with Crippen LogP contribution < -0.4 is 4.74 Å². The summed E-state index contributed by atoms with van der Waals surface area (Å²) in [5.74, 6) is -1.19. The first-order valence-electron chi connectivity index (χ1n) is 7.54. The molecule has 2 aromatic carbocycles. The largest absolute Gasteiger partial charge is 0.497 e. The molecule has 0 unspecified atom stereocenters. The number of ether oxygens (including phenoxy) is 1. The van der Waals surface area contributed by atoms with Crippen LogP contribution in [0.3, 0.4) is 0 Å². The summed E-state index contributed by atoms with van der Waals surface area (Å²) in [7, 11) is -2.45. The lowest BCUT2D eigenvalue weighted by Gasteiger charge is -2.24. The molecule has 1 aliphatic heterocycles. The fourth-order valence-electron chi connectivity index (χ4n) is 3.02. The lowest BCUT2D eigenvalue weighted by Crippen LogP contribution is -2.30. The molecule has 0 spiro atoms. The molecular weight excluding hydrogens is 336 g/mol. The molecule has 0 saturated carbocycles. The standard InChI is InChI=1S/C17H17F2NO3S/c1-23-15-5-2-4-12(8-15)17-6-3-7-20(17)24(21,22)16-10-13(18)9-14(19)11-16/h2,4-5,8-11,17H,3,6-7H2,1H3/t17-/m1/s1. The van der Waals surface area contributed by atoms with Gasteiger partial charge >= 0.3 is 0 Å². The molecule has 0 aliphatic carbocycles. The molecule has 1 saturated heterocycles. The van der Waals surface area contributed by atoms with Crippen molar-refractivity contribution in [1.82, 2.24) is 4.31 Å². The van der Waals surface area contributed by atoms with Crippen molar-refractivity contribution in [2.75, 3.05) is 13.7 Å². The van der Waals surface area contributed by atoms with E-state index in [1.54, 1.807) is 18.2 Å². The van der Waals surface area contributed by atoms with Crippen LogP contribution in [-0.4, -0.2) is 26.4 Å². The summed E-state index contributed by atoms with van der Waals surface area (Å²) in [6.07, 6.45) is 1.32. The Kier molecular flexibility index (Phi) is 4.56. The van der Waals surface area contributed by atoms with Crippen molar-refractivity contribution in [3.8, 4) is 5.75 Å². The van der Waals surface area contributed by atoms with Crippen LogP contribution in [0.4, 0.5) is 8.78 Å². The van der Waals surface area contributed by atoms with E-state index < -0.39 is 21.7 Å². The quantitative estimate of drug-likeness (QED) is 0.845. The summed E-state index contributed by atoms with van der Waals surface area (Å²) in [4.78, 5) is -0.366. The molecule has 3 rings (SSSR count). The minimum atomic E-state index is -3.99. The number of benzene rings is 2. The van der Waals surface area contributed by atoms with Gasteiger partial charge in [0, 0.05) is 12.6 Å². The van der Waals surface area contributed by atoms with Gasteiger partial charge in [-0.1, -0.05) is 12.1 Å². The number of halogens is 2. The lowest BCUT2D eigenvalue weighted by molar-refractivity contribution is 0.389. The molecule has 1 atom stereocenters. The molecule has 0 amide bonds. The Labute approximate surface area is 139 Å². The van der Waals surface area contributed by atoms with Gasteiger partial charge in [0.05, 0.1) is 18.0 Å². The van der Waals surface area contributed by atoms with Crippen LogP contribution in [0.1, 0.15) is 24.4 Å². The molecule has 128 valence electrons. The summed E-state index contributed by atoms with van der Waals surface area (Å²) in [5, 5.41) is 0. The third-order valence-electron chi connectivity index (χ3n) is 4.12. The molecule has 1 aliphatic rings. The van der Waals surface area contributed by atoms with Crippen molar-refractivity contribution < 1.29 is 21.9 Å². The van der Waals surface area contributed by atoms with Crippen molar-refractivity contribution in [3.05, 3.63) is 59.7 Å². The first kappa shape index (κ1) is 16.9. The van der Waals surface area contributed by atoms with Crippen molar-refractivity contribution in [1.29, 1.82) is 0 Å². The Morgan fingerprint density at radius 1 is 1.12 bits per heavy atom. The highest BCUT2D eigenvalue weighted by Crippen LogP contribution is 2.37. The maximum Gasteiger partial charge on any atom is 0.243 e. The van der Waals surface area contributed by atoms with Gasteiger partial charge in [-0.2, -0.15) is 4.31 Å². The van der Waals surface area contributed by atoms with Crippen LogP contribution in [0, 0.1) is 11.6 Å². The third kappa shape index (κ3) is 3.14. The Morgan fingerprint density at radius 3 is 2.50 bits per heavy atom. The molecule has 4 nitrogen and oxygen atoms in total. The van der Waals surface area contributed by atoms with Gasteiger partial charge in [-0.25, -0.2) is 17.2 Å². The summed E-state index contributed by atoms with van der Waals surface area (Å²) in [6, 6.07) is 9.15. The van der Waals surface area contributed by atoms with E-state index in [0.717, 1.165) is 17.7 Å². The van der Waals surface area contributed by atoms with Gasteiger partial charge in [-0.15, -0.1) is 0 Å². The molecule has 0 aromatic heterocycles. The van der Waals surface area contributed by atoms with E-state index in [0.29, 0.717) is 31.2 Å². The van der Waals surface area contributed by atoms with Crippen LogP contribution in [0.2, 0.25) is 0 Å². The number of rotatable bonds is 4. The van der Waals surface area contributed by atoms with Crippen LogP contribution in [0.15, 0.2) is 47.4 Å². The minimum Gasteiger partial charge on any atom is -0.497 e. The van der Waals surface area contributed by atoms with E-state index >= 15 is 0 Å². The predicted molar refractivity (Wildman–Crippen MR) is 85.2 cm³/mol. The van der Waals surface area contributed by atoms with Crippen LogP contribution >= 0.6 is 0 Å². The maximum absolute atomic E-state index is 13.4. The maximum atomic E-state index is 13.4. The van der Waals surface area contributed by atoms with Crippen LogP contribution in [0.5, 0.6) is 5.75 Å². The molecule has 1 fully saturated rings. The van der Waals surface area contributed by atoms with Crippen LogP contribution in [0.25, 0.3) is 0 Å². The molecule has 0 radical (unpaired) electrons. The SMILES string of the molecule is COc1cccc([C@H]2CCCN2S(=O)(=O)c2cc(F)cc(F)c2)c1. The van der Waals surface area contributed by atoms with Crippen molar-refractivity contribution in [2.24, 2.45) is 0 Å². The van der Waals surface area contributed by atoms with Gasteiger partial charge in [0.15, 0.2) is 0 Å². The highest BCUT2D eigenvalue weighted by atomic mass is 32.2. The number of methoxy groups -OCH3 is 1. The highest BCUT2D eigenvalue weighted by Gasteiger charge is 2.36. The van der Waals surface area contributed by atoms with Gasteiger partial charge in [-0.05, 0) is 42.7 Å². The van der Waals surface area contributed by atoms with Crippen molar-refractivity contribution >= 4 is 10.0 Å². The second-order valence-corrected chi connectivity index (χ2v) is 7.55. The molecule has 0 N–H and O–H groups in total. The summed E-state index contributed by atoms with van der Waals surface area (Å²) in [6.45, 7) is 0.308. The van der Waals surface area contributed by atoms with Gasteiger partial charge in [-0.3, -0.25) is 0 Å². The number of hydrogen-bond donors (Lipinski definition) is 0. The Hall–Kier alpha value is -1.99.